The number of pyridine rings is 1. The van der Waals surface area contributed by atoms with Gasteiger partial charge < -0.3 is 9.72 Å². The van der Waals surface area contributed by atoms with Gasteiger partial charge in [0.05, 0.1) is 29.9 Å². The van der Waals surface area contributed by atoms with Crippen molar-refractivity contribution in [1.82, 2.24) is 9.97 Å². The minimum atomic E-state index is 0.858. The summed E-state index contributed by atoms with van der Waals surface area (Å²) < 4.78 is 5.27. The Labute approximate surface area is 109 Å². The molecular formula is C16H12N2O. The standard InChI is InChI=1S/C16H12N2O/c1-19-10-6-7-12-14(8-10)18-15-9-17-13-5-3-2-4-11(13)16(12)15/h2-9,18H,1H3. The number of hydrogen-bond donors (Lipinski definition) is 1. The molecule has 0 amide bonds. The number of hydrogen-bond acceptors (Lipinski definition) is 2. The quantitative estimate of drug-likeness (QED) is 0.555. The molecule has 4 rings (SSSR count). The summed E-state index contributed by atoms with van der Waals surface area (Å²) in [6.45, 7) is 0. The lowest BCUT2D eigenvalue weighted by atomic mass is 10.1. The van der Waals surface area contributed by atoms with E-state index in [4.69, 9.17) is 4.74 Å². The normalized spacial score (nSPS) is 11.4. The van der Waals surface area contributed by atoms with Gasteiger partial charge in [0.1, 0.15) is 5.75 Å². The summed E-state index contributed by atoms with van der Waals surface area (Å²) in [6, 6.07) is 14.3. The molecule has 0 spiro atoms. The van der Waals surface area contributed by atoms with Crippen LogP contribution in [0.25, 0.3) is 32.7 Å². The lowest BCUT2D eigenvalue weighted by Crippen LogP contribution is -1.81. The summed E-state index contributed by atoms with van der Waals surface area (Å²) >= 11 is 0. The van der Waals surface area contributed by atoms with E-state index in [0.29, 0.717) is 0 Å². The molecule has 0 aliphatic rings. The van der Waals surface area contributed by atoms with Crippen LogP contribution in [0, 0.1) is 0 Å². The minimum Gasteiger partial charge on any atom is -0.497 e. The second-order valence-electron chi connectivity index (χ2n) is 4.60. The molecule has 0 saturated carbocycles. The maximum atomic E-state index is 5.27. The molecule has 19 heavy (non-hydrogen) atoms. The molecule has 0 atom stereocenters. The van der Waals surface area contributed by atoms with Crippen LogP contribution in [0.4, 0.5) is 0 Å². The third-order valence-corrected chi connectivity index (χ3v) is 3.54. The van der Waals surface area contributed by atoms with Crippen LogP contribution in [0.5, 0.6) is 5.75 Å². The summed E-state index contributed by atoms with van der Waals surface area (Å²) in [4.78, 5) is 7.89. The van der Waals surface area contributed by atoms with Gasteiger partial charge in [-0.2, -0.15) is 0 Å². The number of para-hydroxylation sites is 1. The smallest absolute Gasteiger partial charge is 0.120 e. The van der Waals surface area contributed by atoms with E-state index in [2.05, 4.69) is 22.1 Å². The van der Waals surface area contributed by atoms with E-state index >= 15 is 0 Å². The molecule has 92 valence electrons. The molecule has 0 bridgehead atoms. The fourth-order valence-corrected chi connectivity index (χ4v) is 2.64. The predicted octanol–water partition coefficient (Wildman–Crippen LogP) is 3.88. The van der Waals surface area contributed by atoms with Crippen LogP contribution in [0.3, 0.4) is 0 Å². The number of aromatic nitrogens is 2. The first-order valence-electron chi connectivity index (χ1n) is 6.20. The lowest BCUT2D eigenvalue weighted by Gasteiger charge is -2.00. The lowest BCUT2D eigenvalue weighted by molar-refractivity contribution is 0.415. The van der Waals surface area contributed by atoms with E-state index in [-0.39, 0.29) is 0 Å². The average Bonchev–Trinajstić information content (AvgIpc) is 2.84. The third kappa shape index (κ3) is 1.41. The maximum absolute atomic E-state index is 5.27. The number of ether oxygens (including phenoxy) is 1. The largest absolute Gasteiger partial charge is 0.497 e. The minimum absolute atomic E-state index is 0.858. The van der Waals surface area contributed by atoms with Crippen LogP contribution in [0.15, 0.2) is 48.7 Å². The Balaban J connectivity index is 2.23. The molecule has 2 aromatic heterocycles. The summed E-state index contributed by atoms with van der Waals surface area (Å²) in [5, 5.41) is 3.61. The molecule has 2 aromatic carbocycles. The summed E-state index contributed by atoms with van der Waals surface area (Å²) in [5.41, 5.74) is 3.15. The molecule has 4 aromatic rings. The van der Waals surface area contributed by atoms with Crippen molar-refractivity contribution in [1.29, 1.82) is 0 Å². The van der Waals surface area contributed by atoms with Gasteiger partial charge in [-0.1, -0.05) is 18.2 Å². The van der Waals surface area contributed by atoms with E-state index < -0.39 is 0 Å². The molecule has 2 heterocycles. The molecule has 1 N–H and O–H groups in total. The van der Waals surface area contributed by atoms with Crippen molar-refractivity contribution < 1.29 is 4.74 Å². The Kier molecular flexibility index (Phi) is 2.03. The Bertz CT molecular complexity index is 908. The fourth-order valence-electron chi connectivity index (χ4n) is 2.64. The van der Waals surface area contributed by atoms with Gasteiger partial charge in [0, 0.05) is 22.2 Å². The Morgan fingerprint density at radius 1 is 1.00 bits per heavy atom. The molecular weight excluding hydrogens is 236 g/mol. The van der Waals surface area contributed by atoms with E-state index in [1.54, 1.807) is 7.11 Å². The highest BCUT2D eigenvalue weighted by atomic mass is 16.5. The topological polar surface area (TPSA) is 37.9 Å². The van der Waals surface area contributed by atoms with E-state index in [9.17, 15) is 0 Å². The van der Waals surface area contributed by atoms with Crippen molar-refractivity contribution in [2.75, 3.05) is 7.11 Å². The second kappa shape index (κ2) is 3.72. The van der Waals surface area contributed by atoms with Gasteiger partial charge in [-0.05, 0) is 18.2 Å². The second-order valence-corrected chi connectivity index (χ2v) is 4.60. The van der Waals surface area contributed by atoms with Crippen LogP contribution in [-0.2, 0) is 0 Å². The molecule has 0 fully saturated rings. The van der Waals surface area contributed by atoms with Crippen molar-refractivity contribution >= 4 is 32.7 Å². The van der Waals surface area contributed by atoms with E-state index in [0.717, 1.165) is 22.3 Å². The van der Waals surface area contributed by atoms with Gasteiger partial charge in [-0.3, -0.25) is 4.98 Å². The molecule has 3 nitrogen and oxygen atoms in total. The number of benzene rings is 2. The number of H-pyrrole nitrogens is 1. The zero-order valence-electron chi connectivity index (χ0n) is 10.5. The number of nitrogens with zero attached hydrogens (tertiary/aromatic N) is 1. The average molecular weight is 248 g/mol. The molecule has 0 aliphatic carbocycles. The highest BCUT2D eigenvalue weighted by Crippen LogP contribution is 2.32. The summed E-state index contributed by atoms with van der Waals surface area (Å²) in [7, 11) is 1.68. The predicted molar refractivity (Wildman–Crippen MR) is 77.7 cm³/mol. The fraction of sp³-hybridized carbons (Fsp3) is 0.0625. The molecule has 0 unspecified atom stereocenters. The van der Waals surface area contributed by atoms with Crippen molar-refractivity contribution in [3.05, 3.63) is 48.7 Å². The number of aromatic amines is 1. The monoisotopic (exact) mass is 248 g/mol. The van der Waals surface area contributed by atoms with Gasteiger partial charge >= 0.3 is 0 Å². The number of nitrogens with one attached hydrogen (secondary N) is 1. The Morgan fingerprint density at radius 3 is 2.79 bits per heavy atom. The zero-order valence-corrected chi connectivity index (χ0v) is 10.5. The van der Waals surface area contributed by atoms with Crippen molar-refractivity contribution in [2.24, 2.45) is 0 Å². The van der Waals surface area contributed by atoms with E-state index in [1.807, 2.05) is 36.5 Å². The van der Waals surface area contributed by atoms with Crippen molar-refractivity contribution in [2.45, 2.75) is 0 Å². The van der Waals surface area contributed by atoms with Crippen LogP contribution in [0.2, 0.25) is 0 Å². The highest BCUT2D eigenvalue weighted by molar-refractivity contribution is 6.19. The van der Waals surface area contributed by atoms with Crippen LogP contribution in [-0.4, -0.2) is 17.1 Å². The summed E-state index contributed by atoms with van der Waals surface area (Å²) in [6.07, 6.45) is 1.89. The van der Waals surface area contributed by atoms with Gasteiger partial charge in [-0.25, -0.2) is 0 Å². The van der Waals surface area contributed by atoms with E-state index in [1.165, 1.54) is 16.2 Å². The molecule has 3 heteroatoms. The summed E-state index contributed by atoms with van der Waals surface area (Å²) in [5.74, 6) is 0.858. The third-order valence-electron chi connectivity index (χ3n) is 3.54. The van der Waals surface area contributed by atoms with Gasteiger partial charge in [0.25, 0.3) is 0 Å². The highest BCUT2D eigenvalue weighted by Gasteiger charge is 2.09. The Morgan fingerprint density at radius 2 is 1.89 bits per heavy atom. The first-order valence-corrected chi connectivity index (χ1v) is 6.20. The molecule has 0 aliphatic heterocycles. The first-order chi connectivity index (χ1) is 9.36. The maximum Gasteiger partial charge on any atom is 0.120 e. The molecule has 0 saturated heterocycles. The van der Waals surface area contributed by atoms with Crippen molar-refractivity contribution in [3.63, 3.8) is 0 Å². The molecule has 0 radical (unpaired) electrons. The number of rotatable bonds is 1. The van der Waals surface area contributed by atoms with Gasteiger partial charge in [-0.15, -0.1) is 0 Å². The van der Waals surface area contributed by atoms with Crippen LogP contribution < -0.4 is 4.74 Å². The number of fused-ring (bicyclic) bond motifs is 5. The SMILES string of the molecule is COc1ccc2c(c1)[nH]c1cnc3ccccc3c12. The number of methoxy groups -OCH3 is 1. The zero-order chi connectivity index (χ0) is 12.8. The van der Waals surface area contributed by atoms with Crippen LogP contribution in [0.1, 0.15) is 0 Å². The van der Waals surface area contributed by atoms with Gasteiger partial charge in [0.2, 0.25) is 0 Å². The van der Waals surface area contributed by atoms with Gasteiger partial charge in [0.15, 0.2) is 0 Å². The Hall–Kier alpha value is -2.55. The van der Waals surface area contributed by atoms with Crippen molar-refractivity contribution in [3.8, 4) is 5.75 Å². The van der Waals surface area contributed by atoms with Crippen LogP contribution >= 0.6 is 0 Å². The first kappa shape index (κ1) is 10.4.